The number of benzene rings is 1. The highest BCUT2D eigenvalue weighted by Gasteiger charge is 2.27. The Balaban J connectivity index is 1.64. The summed E-state index contributed by atoms with van der Waals surface area (Å²) in [6.45, 7) is 3.14. The molecule has 22 heavy (non-hydrogen) atoms. The molecule has 0 saturated carbocycles. The number of rotatable bonds is 3. The summed E-state index contributed by atoms with van der Waals surface area (Å²) in [7, 11) is 2.08. The summed E-state index contributed by atoms with van der Waals surface area (Å²) < 4.78 is 7.82. The largest absolute Gasteiger partial charge is 0.378 e. The van der Waals surface area contributed by atoms with Crippen molar-refractivity contribution in [2.75, 3.05) is 19.8 Å². The van der Waals surface area contributed by atoms with Gasteiger partial charge in [0, 0.05) is 19.8 Å². The molecule has 0 amide bonds. The van der Waals surface area contributed by atoms with Crippen LogP contribution in [0.5, 0.6) is 0 Å². The molecule has 3 heterocycles. The number of imidazole rings is 1. The number of morpholine rings is 1. The maximum Gasteiger partial charge on any atom is 0.123 e. The van der Waals surface area contributed by atoms with E-state index in [0.717, 1.165) is 36.7 Å². The van der Waals surface area contributed by atoms with Gasteiger partial charge in [-0.15, -0.1) is 0 Å². The Kier molecular flexibility index (Phi) is 3.40. The van der Waals surface area contributed by atoms with E-state index in [1.807, 2.05) is 12.1 Å². The topological polar surface area (TPSA) is 59.0 Å². The SMILES string of the molecule is Cn1c(CN2CCOC[C@H]2c2ccn[nH]2)nc2ccccc21. The van der Waals surface area contributed by atoms with Gasteiger partial charge in [-0.3, -0.25) is 10.00 Å². The van der Waals surface area contributed by atoms with E-state index in [2.05, 4.69) is 44.9 Å². The highest BCUT2D eigenvalue weighted by atomic mass is 16.5. The van der Waals surface area contributed by atoms with Crippen LogP contribution in [0, 0.1) is 0 Å². The molecule has 0 spiro atoms. The first kappa shape index (κ1) is 13.5. The monoisotopic (exact) mass is 297 g/mol. The number of aryl methyl sites for hydroxylation is 1. The molecule has 1 fully saturated rings. The molecular weight excluding hydrogens is 278 g/mol. The Labute approximate surface area is 128 Å². The molecule has 6 nitrogen and oxygen atoms in total. The molecule has 2 aromatic heterocycles. The maximum atomic E-state index is 5.65. The van der Waals surface area contributed by atoms with Crippen LogP contribution in [0.2, 0.25) is 0 Å². The van der Waals surface area contributed by atoms with Gasteiger partial charge in [-0.05, 0) is 18.2 Å². The Morgan fingerprint density at radius 3 is 3.05 bits per heavy atom. The van der Waals surface area contributed by atoms with E-state index in [-0.39, 0.29) is 6.04 Å². The van der Waals surface area contributed by atoms with Crippen LogP contribution in [0.3, 0.4) is 0 Å². The Bertz CT molecular complexity index is 764. The predicted molar refractivity (Wildman–Crippen MR) is 83.3 cm³/mol. The van der Waals surface area contributed by atoms with Crippen LogP contribution in [-0.4, -0.2) is 44.4 Å². The maximum absolute atomic E-state index is 5.65. The summed E-state index contributed by atoms with van der Waals surface area (Å²) in [6.07, 6.45) is 1.79. The van der Waals surface area contributed by atoms with E-state index in [1.165, 1.54) is 5.52 Å². The zero-order valence-corrected chi connectivity index (χ0v) is 12.6. The second-order valence-electron chi connectivity index (χ2n) is 5.65. The number of nitrogens with zero attached hydrogens (tertiary/aromatic N) is 4. The molecule has 1 saturated heterocycles. The van der Waals surface area contributed by atoms with Gasteiger partial charge in [0.05, 0.1) is 42.5 Å². The minimum absolute atomic E-state index is 0.205. The average molecular weight is 297 g/mol. The van der Waals surface area contributed by atoms with Gasteiger partial charge in [-0.1, -0.05) is 12.1 Å². The van der Waals surface area contributed by atoms with Crippen LogP contribution < -0.4 is 0 Å². The van der Waals surface area contributed by atoms with E-state index in [0.29, 0.717) is 6.61 Å². The third kappa shape index (κ3) is 2.30. The van der Waals surface area contributed by atoms with Crippen LogP contribution in [0.15, 0.2) is 36.5 Å². The Morgan fingerprint density at radius 1 is 1.32 bits per heavy atom. The van der Waals surface area contributed by atoms with Gasteiger partial charge < -0.3 is 9.30 Å². The van der Waals surface area contributed by atoms with Crippen molar-refractivity contribution in [1.82, 2.24) is 24.6 Å². The van der Waals surface area contributed by atoms with Gasteiger partial charge in [0.2, 0.25) is 0 Å². The van der Waals surface area contributed by atoms with Gasteiger partial charge in [-0.2, -0.15) is 5.10 Å². The zero-order valence-electron chi connectivity index (χ0n) is 12.6. The first-order chi connectivity index (χ1) is 10.8. The fraction of sp³-hybridized carbons (Fsp3) is 0.375. The van der Waals surface area contributed by atoms with Crippen LogP contribution >= 0.6 is 0 Å². The quantitative estimate of drug-likeness (QED) is 0.802. The van der Waals surface area contributed by atoms with Crippen molar-refractivity contribution in [1.29, 1.82) is 0 Å². The van der Waals surface area contributed by atoms with Crippen molar-refractivity contribution in [2.45, 2.75) is 12.6 Å². The highest BCUT2D eigenvalue weighted by molar-refractivity contribution is 5.75. The van der Waals surface area contributed by atoms with Crippen molar-refractivity contribution in [3.63, 3.8) is 0 Å². The lowest BCUT2D eigenvalue weighted by atomic mass is 10.1. The number of aromatic amines is 1. The summed E-state index contributed by atoms with van der Waals surface area (Å²) in [5.41, 5.74) is 3.31. The summed E-state index contributed by atoms with van der Waals surface area (Å²) in [5, 5.41) is 7.13. The van der Waals surface area contributed by atoms with Gasteiger partial charge >= 0.3 is 0 Å². The molecule has 6 heteroatoms. The average Bonchev–Trinajstić information content (AvgIpc) is 3.18. The molecule has 0 radical (unpaired) electrons. The number of H-pyrrole nitrogens is 1. The van der Waals surface area contributed by atoms with Crippen LogP contribution in [0.1, 0.15) is 17.6 Å². The van der Waals surface area contributed by atoms with Gasteiger partial charge in [-0.25, -0.2) is 4.98 Å². The third-order valence-electron chi connectivity index (χ3n) is 4.34. The third-order valence-corrected chi connectivity index (χ3v) is 4.34. The standard InChI is InChI=1S/C16H19N5O/c1-20-14-5-3-2-4-12(14)18-16(20)10-21-8-9-22-11-15(21)13-6-7-17-19-13/h2-7,15H,8-11H2,1H3,(H,17,19)/t15-/m0/s1. The van der Waals surface area contributed by atoms with Gasteiger partial charge in [0.15, 0.2) is 0 Å². The molecule has 1 aliphatic heterocycles. The van der Waals surface area contributed by atoms with Crippen molar-refractivity contribution in [3.8, 4) is 0 Å². The van der Waals surface area contributed by atoms with Crippen LogP contribution in [0.4, 0.5) is 0 Å². The predicted octanol–water partition coefficient (Wildman–Crippen LogP) is 1.87. The lowest BCUT2D eigenvalue weighted by Crippen LogP contribution is -2.39. The van der Waals surface area contributed by atoms with Crippen molar-refractivity contribution < 1.29 is 4.74 Å². The smallest absolute Gasteiger partial charge is 0.123 e. The van der Waals surface area contributed by atoms with E-state index in [9.17, 15) is 0 Å². The second kappa shape index (κ2) is 5.55. The van der Waals surface area contributed by atoms with Crippen LogP contribution in [0.25, 0.3) is 11.0 Å². The minimum Gasteiger partial charge on any atom is -0.378 e. The highest BCUT2D eigenvalue weighted by Crippen LogP contribution is 2.25. The fourth-order valence-electron chi connectivity index (χ4n) is 3.08. The number of ether oxygens (including phenoxy) is 1. The lowest BCUT2D eigenvalue weighted by Gasteiger charge is -2.34. The number of fused-ring (bicyclic) bond motifs is 1. The molecule has 0 aliphatic carbocycles. The normalized spacial score (nSPS) is 19.8. The first-order valence-corrected chi connectivity index (χ1v) is 7.54. The van der Waals surface area contributed by atoms with E-state index in [4.69, 9.17) is 9.72 Å². The molecule has 4 rings (SSSR count). The Hall–Kier alpha value is -2.18. The number of nitrogens with one attached hydrogen (secondary N) is 1. The summed E-state index contributed by atoms with van der Waals surface area (Å²) >= 11 is 0. The molecule has 1 aromatic carbocycles. The zero-order chi connectivity index (χ0) is 14.9. The molecule has 1 aliphatic rings. The summed E-state index contributed by atoms with van der Waals surface area (Å²) in [4.78, 5) is 7.18. The summed E-state index contributed by atoms with van der Waals surface area (Å²) in [6, 6.07) is 10.5. The minimum atomic E-state index is 0.205. The van der Waals surface area contributed by atoms with Gasteiger partial charge in [0.1, 0.15) is 5.82 Å². The van der Waals surface area contributed by atoms with Crippen LogP contribution in [-0.2, 0) is 18.3 Å². The van der Waals surface area contributed by atoms with E-state index in [1.54, 1.807) is 6.20 Å². The number of hydrogen-bond acceptors (Lipinski definition) is 4. The van der Waals surface area contributed by atoms with Crippen molar-refractivity contribution >= 4 is 11.0 Å². The second-order valence-corrected chi connectivity index (χ2v) is 5.65. The molecule has 3 aromatic rings. The van der Waals surface area contributed by atoms with E-state index < -0.39 is 0 Å². The molecule has 1 atom stereocenters. The first-order valence-electron chi connectivity index (χ1n) is 7.54. The summed E-state index contributed by atoms with van der Waals surface area (Å²) in [5.74, 6) is 1.08. The number of para-hydroxylation sites is 2. The van der Waals surface area contributed by atoms with E-state index >= 15 is 0 Å². The Morgan fingerprint density at radius 2 is 2.23 bits per heavy atom. The lowest BCUT2D eigenvalue weighted by molar-refractivity contribution is -0.0156. The fourth-order valence-corrected chi connectivity index (χ4v) is 3.08. The number of aromatic nitrogens is 4. The molecule has 0 bridgehead atoms. The molecule has 1 N–H and O–H groups in total. The molecule has 114 valence electrons. The van der Waals surface area contributed by atoms with Crippen molar-refractivity contribution in [2.24, 2.45) is 7.05 Å². The van der Waals surface area contributed by atoms with Crippen molar-refractivity contribution in [3.05, 3.63) is 48.0 Å². The molecule has 0 unspecified atom stereocenters. The number of hydrogen-bond donors (Lipinski definition) is 1. The van der Waals surface area contributed by atoms with Gasteiger partial charge in [0.25, 0.3) is 0 Å². The molecular formula is C16H19N5O.